The third kappa shape index (κ3) is 2.55. The Balaban J connectivity index is 2.15. The number of carbonyl (C=O) groups is 1. The molecule has 1 aromatic rings. The lowest BCUT2D eigenvalue weighted by molar-refractivity contribution is -0.120. The van der Waals surface area contributed by atoms with Crippen molar-refractivity contribution < 1.29 is 13.6 Å². The monoisotopic (exact) mass is 252 g/mol. The fraction of sp³-hybridized carbons (Fsp3) is 0.385. The topological polar surface area (TPSA) is 41.5 Å². The van der Waals surface area contributed by atoms with Gasteiger partial charge in [0.05, 0.1) is 0 Å². The molecule has 1 atom stereocenters. The molecule has 0 saturated carbocycles. The summed E-state index contributed by atoms with van der Waals surface area (Å²) in [5.41, 5.74) is 0.319. The minimum absolute atomic E-state index is 0.0977. The van der Waals surface area contributed by atoms with Gasteiger partial charge in [0.2, 0.25) is 5.91 Å². The molecule has 0 fully saturated rings. The Labute approximate surface area is 104 Å². The molecule has 1 aliphatic rings. The van der Waals surface area contributed by atoms with Gasteiger partial charge >= 0.3 is 0 Å². The van der Waals surface area contributed by atoms with Gasteiger partial charge in [0.25, 0.3) is 0 Å². The second-order valence-electron chi connectivity index (χ2n) is 4.67. The Hall–Kier alpha value is -1.78. The van der Waals surface area contributed by atoms with Gasteiger partial charge in [0.1, 0.15) is 23.5 Å². The molecule has 0 aromatic heterocycles. The summed E-state index contributed by atoms with van der Waals surface area (Å²) in [7, 11) is 0. The van der Waals surface area contributed by atoms with Gasteiger partial charge in [-0.1, -0.05) is 19.9 Å². The Morgan fingerprint density at radius 2 is 2.11 bits per heavy atom. The van der Waals surface area contributed by atoms with Crippen LogP contribution in [0, 0.1) is 17.6 Å². The van der Waals surface area contributed by atoms with E-state index in [4.69, 9.17) is 0 Å². The maximum atomic E-state index is 13.4. The van der Waals surface area contributed by atoms with E-state index in [1.165, 1.54) is 12.1 Å². The van der Waals surface area contributed by atoms with Crippen LogP contribution in [0.5, 0.6) is 0 Å². The zero-order valence-corrected chi connectivity index (χ0v) is 10.2. The van der Waals surface area contributed by atoms with Crippen LogP contribution in [0.25, 0.3) is 0 Å². The molecular formula is C13H14F2N2O. The summed E-state index contributed by atoms with van der Waals surface area (Å²) in [5, 5.41) is 2.63. The van der Waals surface area contributed by atoms with Crippen molar-refractivity contribution in [1.29, 1.82) is 0 Å². The quantitative estimate of drug-likeness (QED) is 0.879. The second kappa shape index (κ2) is 4.84. The summed E-state index contributed by atoms with van der Waals surface area (Å²) in [4.78, 5) is 15.8. The number of nitrogens with zero attached hydrogens (tertiary/aromatic N) is 1. The lowest BCUT2D eigenvalue weighted by atomic mass is 10.1. The first-order valence-corrected chi connectivity index (χ1v) is 5.79. The molecule has 1 unspecified atom stereocenters. The van der Waals surface area contributed by atoms with Crippen LogP contribution < -0.4 is 5.32 Å². The molecule has 96 valence electrons. The molecule has 0 radical (unpaired) electrons. The van der Waals surface area contributed by atoms with E-state index < -0.39 is 17.7 Å². The number of hydrogen-bond acceptors (Lipinski definition) is 2. The molecule has 3 nitrogen and oxygen atoms in total. The Morgan fingerprint density at radius 1 is 1.39 bits per heavy atom. The van der Waals surface area contributed by atoms with Crippen molar-refractivity contribution in [2.45, 2.75) is 26.3 Å². The minimum Gasteiger partial charge on any atom is -0.312 e. The first kappa shape index (κ1) is 12.7. The standard InChI is InChI=1S/C13H14F2N2O/c1-7(2)12-13(18)17-11(16-12)5-8-3-4-9(14)6-10(8)15/h3-4,6-7,12H,5H2,1-2H3,(H,16,17,18). The number of amides is 1. The molecule has 1 heterocycles. The molecule has 0 bridgehead atoms. The lowest BCUT2D eigenvalue weighted by Crippen LogP contribution is -2.31. The Bertz CT molecular complexity index is 512. The second-order valence-corrected chi connectivity index (χ2v) is 4.67. The van der Waals surface area contributed by atoms with E-state index in [9.17, 15) is 13.6 Å². The van der Waals surface area contributed by atoms with Crippen LogP contribution in [0.3, 0.4) is 0 Å². The number of benzene rings is 1. The SMILES string of the molecule is CC(C)C1N=C(Cc2ccc(F)cc2F)NC1=O. The predicted molar refractivity (Wildman–Crippen MR) is 64.3 cm³/mol. The van der Waals surface area contributed by atoms with E-state index in [-0.39, 0.29) is 18.2 Å². The van der Waals surface area contributed by atoms with Crippen molar-refractivity contribution >= 4 is 11.7 Å². The molecule has 0 aliphatic carbocycles. The van der Waals surface area contributed by atoms with Gasteiger partial charge in [-0.25, -0.2) is 8.78 Å². The van der Waals surface area contributed by atoms with E-state index in [0.29, 0.717) is 11.4 Å². The summed E-state index contributed by atoms with van der Waals surface area (Å²) in [6, 6.07) is 2.97. The number of nitrogens with one attached hydrogen (secondary N) is 1. The van der Waals surface area contributed by atoms with E-state index in [0.717, 1.165) is 6.07 Å². The molecule has 1 aromatic carbocycles. The summed E-state index contributed by atoms with van der Waals surface area (Å²) < 4.78 is 26.2. The van der Waals surface area contributed by atoms with Crippen LogP contribution in [0.2, 0.25) is 0 Å². The average Bonchev–Trinajstić information content (AvgIpc) is 2.64. The van der Waals surface area contributed by atoms with Crippen LogP contribution in [-0.2, 0) is 11.2 Å². The number of carbonyl (C=O) groups excluding carboxylic acids is 1. The normalized spacial score (nSPS) is 19.1. The van der Waals surface area contributed by atoms with Crippen LogP contribution in [0.1, 0.15) is 19.4 Å². The zero-order valence-electron chi connectivity index (χ0n) is 10.2. The highest BCUT2D eigenvalue weighted by Gasteiger charge is 2.28. The van der Waals surface area contributed by atoms with Crippen molar-refractivity contribution in [3.8, 4) is 0 Å². The molecule has 1 N–H and O–H groups in total. The maximum absolute atomic E-state index is 13.4. The van der Waals surface area contributed by atoms with Crippen LogP contribution in [0.4, 0.5) is 8.78 Å². The molecule has 1 aliphatic heterocycles. The van der Waals surface area contributed by atoms with Crippen molar-refractivity contribution in [3.63, 3.8) is 0 Å². The third-order valence-corrected chi connectivity index (χ3v) is 2.84. The zero-order chi connectivity index (χ0) is 13.3. The fourth-order valence-corrected chi connectivity index (χ4v) is 1.86. The van der Waals surface area contributed by atoms with Crippen molar-refractivity contribution in [2.24, 2.45) is 10.9 Å². The first-order chi connectivity index (χ1) is 8.47. The summed E-state index contributed by atoms with van der Waals surface area (Å²) in [6.07, 6.45) is 0.168. The number of rotatable bonds is 3. The largest absolute Gasteiger partial charge is 0.312 e. The molecule has 0 saturated heterocycles. The highest BCUT2D eigenvalue weighted by molar-refractivity contribution is 6.06. The average molecular weight is 252 g/mol. The van der Waals surface area contributed by atoms with E-state index in [1.54, 1.807) is 0 Å². The van der Waals surface area contributed by atoms with Crippen molar-refractivity contribution in [3.05, 3.63) is 35.4 Å². The number of amidine groups is 1. The summed E-state index contributed by atoms with van der Waals surface area (Å²) in [5.74, 6) is -0.874. The van der Waals surface area contributed by atoms with E-state index >= 15 is 0 Å². The van der Waals surface area contributed by atoms with Gasteiger partial charge in [-0.3, -0.25) is 9.79 Å². The van der Waals surface area contributed by atoms with Gasteiger partial charge in [-0.2, -0.15) is 0 Å². The van der Waals surface area contributed by atoms with E-state index in [1.807, 2.05) is 13.8 Å². The number of halogens is 2. The first-order valence-electron chi connectivity index (χ1n) is 5.79. The predicted octanol–water partition coefficient (Wildman–Crippen LogP) is 2.06. The minimum atomic E-state index is -0.625. The maximum Gasteiger partial charge on any atom is 0.250 e. The van der Waals surface area contributed by atoms with Crippen molar-refractivity contribution in [1.82, 2.24) is 5.32 Å². The molecule has 0 spiro atoms. The molecule has 2 rings (SSSR count). The Kier molecular flexibility index (Phi) is 3.41. The van der Waals surface area contributed by atoms with Crippen LogP contribution >= 0.6 is 0 Å². The molecule has 5 heteroatoms. The fourth-order valence-electron chi connectivity index (χ4n) is 1.86. The number of hydrogen-bond donors (Lipinski definition) is 1. The molecule has 1 amide bonds. The highest BCUT2D eigenvalue weighted by Crippen LogP contribution is 2.15. The Morgan fingerprint density at radius 3 is 2.67 bits per heavy atom. The van der Waals surface area contributed by atoms with Gasteiger partial charge < -0.3 is 5.32 Å². The van der Waals surface area contributed by atoms with Gasteiger partial charge in [-0.05, 0) is 17.5 Å². The van der Waals surface area contributed by atoms with E-state index in [2.05, 4.69) is 10.3 Å². The highest BCUT2D eigenvalue weighted by atomic mass is 19.1. The smallest absolute Gasteiger partial charge is 0.250 e. The van der Waals surface area contributed by atoms with Crippen molar-refractivity contribution in [2.75, 3.05) is 0 Å². The molecular weight excluding hydrogens is 238 g/mol. The molecule has 18 heavy (non-hydrogen) atoms. The van der Waals surface area contributed by atoms with Crippen LogP contribution in [-0.4, -0.2) is 17.8 Å². The number of aliphatic imine (C=N–C) groups is 1. The third-order valence-electron chi connectivity index (χ3n) is 2.84. The lowest BCUT2D eigenvalue weighted by Gasteiger charge is -2.06. The summed E-state index contributed by atoms with van der Waals surface area (Å²) >= 11 is 0. The van der Waals surface area contributed by atoms with Gasteiger partial charge in [-0.15, -0.1) is 0 Å². The van der Waals surface area contributed by atoms with Gasteiger partial charge in [0.15, 0.2) is 0 Å². The summed E-state index contributed by atoms with van der Waals surface area (Å²) in [6.45, 7) is 3.80. The van der Waals surface area contributed by atoms with Crippen LogP contribution in [0.15, 0.2) is 23.2 Å². The van der Waals surface area contributed by atoms with Gasteiger partial charge in [0, 0.05) is 12.5 Å².